The van der Waals surface area contributed by atoms with Crippen LogP contribution in [0.1, 0.15) is 39.2 Å². The van der Waals surface area contributed by atoms with Gasteiger partial charge in [0.15, 0.2) is 0 Å². The summed E-state index contributed by atoms with van der Waals surface area (Å²) in [7, 11) is 1.30. The Morgan fingerprint density at radius 2 is 1.80 bits per heavy atom. The molecule has 1 unspecified atom stereocenters. The van der Waals surface area contributed by atoms with Crippen LogP contribution < -0.4 is 5.32 Å². The van der Waals surface area contributed by atoms with Crippen LogP contribution in [0.3, 0.4) is 0 Å². The van der Waals surface area contributed by atoms with Crippen LogP contribution in [0.5, 0.6) is 0 Å². The van der Waals surface area contributed by atoms with E-state index >= 15 is 0 Å². The number of ether oxygens (including phenoxy) is 3. The zero-order valence-electron chi connectivity index (χ0n) is 17.6. The number of benzene rings is 1. The number of methoxy groups -OCH3 is 1. The molecule has 1 aliphatic rings. The Morgan fingerprint density at radius 3 is 2.47 bits per heavy atom. The molecule has 2 aromatic rings. The summed E-state index contributed by atoms with van der Waals surface area (Å²) in [5.74, 6) is -1.87. The number of hydrogen-bond acceptors (Lipinski definition) is 9. The molecular formula is C21H25N3O6. The van der Waals surface area contributed by atoms with Gasteiger partial charge in [0.05, 0.1) is 36.9 Å². The minimum absolute atomic E-state index is 0.0301. The molecule has 1 N–H and O–H groups in total. The van der Waals surface area contributed by atoms with Gasteiger partial charge in [-0.25, -0.2) is 14.2 Å². The maximum atomic E-state index is 13.1. The molecule has 160 valence electrons. The first-order valence-corrected chi connectivity index (χ1v) is 9.61. The topological polar surface area (TPSA) is 113 Å². The Morgan fingerprint density at radius 1 is 1.10 bits per heavy atom. The van der Waals surface area contributed by atoms with Gasteiger partial charge >= 0.3 is 11.9 Å². The van der Waals surface area contributed by atoms with Crippen LogP contribution in [-0.4, -0.2) is 48.7 Å². The van der Waals surface area contributed by atoms with E-state index in [0.717, 1.165) is 0 Å². The Labute approximate surface area is 174 Å². The van der Waals surface area contributed by atoms with Crippen molar-refractivity contribution in [2.75, 3.05) is 20.3 Å². The standard InChI is InChI=1S/C21H25N3O6/c1-11(2)28-9-10-29-21(26)17-13(4)22-12(3)16(20(25)27-5)18(17)14-7-6-8-15-19(14)24-30-23-15/h6-8,11,18,22H,9-10H2,1-5H3. The van der Waals surface area contributed by atoms with Gasteiger partial charge in [-0.2, -0.15) is 0 Å². The quantitative estimate of drug-likeness (QED) is 0.538. The third kappa shape index (κ3) is 4.20. The van der Waals surface area contributed by atoms with Crippen molar-refractivity contribution in [2.24, 2.45) is 0 Å². The van der Waals surface area contributed by atoms with Crippen LogP contribution in [0.25, 0.3) is 11.0 Å². The van der Waals surface area contributed by atoms with Crippen molar-refractivity contribution in [1.82, 2.24) is 15.6 Å². The van der Waals surface area contributed by atoms with Crippen molar-refractivity contribution < 1.29 is 28.4 Å². The largest absolute Gasteiger partial charge is 0.466 e. The van der Waals surface area contributed by atoms with Crippen molar-refractivity contribution in [3.05, 3.63) is 46.3 Å². The molecule has 1 aliphatic heterocycles. The summed E-state index contributed by atoms with van der Waals surface area (Å²) >= 11 is 0. The number of carbonyl (C=O) groups is 2. The fourth-order valence-corrected chi connectivity index (χ4v) is 3.51. The molecule has 0 fully saturated rings. The van der Waals surface area contributed by atoms with Gasteiger partial charge in [0.2, 0.25) is 0 Å². The second-order valence-electron chi connectivity index (χ2n) is 7.16. The fraction of sp³-hybridized carbons (Fsp3) is 0.429. The van der Waals surface area contributed by atoms with E-state index in [1.54, 1.807) is 32.0 Å². The molecule has 9 heteroatoms. The van der Waals surface area contributed by atoms with Crippen molar-refractivity contribution >= 4 is 23.0 Å². The van der Waals surface area contributed by atoms with Crippen LogP contribution >= 0.6 is 0 Å². The van der Waals surface area contributed by atoms with Crippen LogP contribution in [0, 0.1) is 0 Å². The fourth-order valence-electron chi connectivity index (χ4n) is 3.51. The monoisotopic (exact) mass is 415 g/mol. The number of allylic oxidation sites excluding steroid dienone is 2. The van der Waals surface area contributed by atoms with E-state index < -0.39 is 17.9 Å². The van der Waals surface area contributed by atoms with Gasteiger partial charge in [-0.05, 0) is 49.6 Å². The summed E-state index contributed by atoms with van der Waals surface area (Å²) in [6, 6.07) is 5.28. The number of nitrogens with one attached hydrogen (secondary N) is 1. The lowest BCUT2D eigenvalue weighted by Crippen LogP contribution is -2.32. The minimum atomic E-state index is -0.757. The summed E-state index contributed by atoms with van der Waals surface area (Å²) in [4.78, 5) is 25.7. The lowest BCUT2D eigenvalue weighted by atomic mass is 9.80. The Hall–Kier alpha value is -3.20. The van der Waals surface area contributed by atoms with Crippen LogP contribution in [0.2, 0.25) is 0 Å². The number of fused-ring (bicyclic) bond motifs is 1. The molecule has 1 atom stereocenters. The summed E-state index contributed by atoms with van der Waals surface area (Å²) in [5, 5.41) is 10.9. The van der Waals surface area contributed by atoms with E-state index in [9.17, 15) is 9.59 Å². The Balaban J connectivity index is 2.05. The number of dihydropyridines is 1. The van der Waals surface area contributed by atoms with E-state index in [-0.39, 0.29) is 19.3 Å². The number of nitrogens with zero attached hydrogens (tertiary/aromatic N) is 2. The highest BCUT2D eigenvalue weighted by molar-refractivity contribution is 6.01. The third-order valence-electron chi connectivity index (χ3n) is 4.78. The lowest BCUT2D eigenvalue weighted by molar-refractivity contribution is -0.141. The summed E-state index contributed by atoms with van der Waals surface area (Å²) in [6.07, 6.45) is 0.0301. The SMILES string of the molecule is COC(=O)C1=C(C)NC(C)=C(C(=O)OCCOC(C)C)C1c1cccc2nonc12. The van der Waals surface area contributed by atoms with Crippen LogP contribution in [0.4, 0.5) is 0 Å². The summed E-state index contributed by atoms with van der Waals surface area (Å²) < 4.78 is 20.8. The van der Waals surface area contributed by atoms with Gasteiger partial charge in [-0.1, -0.05) is 12.1 Å². The number of rotatable bonds is 7. The van der Waals surface area contributed by atoms with E-state index in [2.05, 4.69) is 15.6 Å². The zero-order valence-corrected chi connectivity index (χ0v) is 17.6. The van der Waals surface area contributed by atoms with E-state index in [4.69, 9.17) is 18.8 Å². The molecule has 1 aromatic carbocycles. The first kappa shape index (κ1) is 21.5. The molecule has 0 aliphatic carbocycles. The van der Waals surface area contributed by atoms with Gasteiger partial charge in [-0.15, -0.1) is 0 Å². The molecular weight excluding hydrogens is 390 g/mol. The highest BCUT2D eigenvalue weighted by Crippen LogP contribution is 2.41. The molecule has 0 radical (unpaired) electrons. The maximum absolute atomic E-state index is 13.1. The van der Waals surface area contributed by atoms with Gasteiger partial charge in [0, 0.05) is 11.4 Å². The Kier molecular flexibility index (Phi) is 6.51. The van der Waals surface area contributed by atoms with E-state index in [0.29, 0.717) is 39.1 Å². The summed E-state index contributed by atoms with van der Waals surface area (Å²) in [5.41, 5.74) is 3.32. The van der Waals surface area contributed by atoms with Crippen LogP contribution in [0.15, 0.2) is 45.4 Å². The molecule has 0 spiro atoms. The van der Waals surface area contributed by atoms with Crippen molar-refractivity contribution in [3.63, 3.8) is 0 Å². The first-order chi connectivity index (χ1) is 14.3. The smallest absolute Gasteiger partial charge is 0.336 e. The van der Waals surface area contributed by atoms with Crippen LogP contribution in [-0.2, 0) is 23.8 Å². The highest BCUT2D eigenvalue weighted by atomic mass is 16.6. The number of hydrogen-bond donors (Lipinski definition) is 1. The number of carbonyl (C=O) groups excluding carboxylic acids is 2. The van der Waals surface area contributed by atoms with E-state index in [1.165, 1.54) is 7.11 Å². The van der Waals surface area contributed by atoms with Gasteiger partial charge in [-0.3, -0.25) is 0 Å². The summed E-state index contributed by atoms with van der Waals surface area (Å²) in [6.45, 7) is 7.67. The van der Waals surface area contributed by atoms with Gasteiger partial charge in [0.25, 0.3) is 0 Å². The number of esters is 2. The average Bonchev–Trinajstić information content (AvgIpc) is 3.18. The van der Waals surface area contributed by atoms with Crippen molar-refractivity contribution in [2.45, 2.75) is 39.7 Å². The normalized spacial score (nSPS) is 16.8. The van der Waals surface area contributed by atoms with Gasteiger partial charge in [0.1, 0.15) is 17.6 Å². The molecule has 0 saturated carbocycles. The first-order valence-electron chi connectivity index (χ1n) is 9.61. The molecule has 30 heavy (non-hydrogen) atoms. The molecule has 3 rings (SSSR count). The van der Waals surface area contributed by atoms with Gasteiger partial charge < -0.3 is 19.5 Å². The number of aromatic nitrogens is 2. The maximum Gasteiger partial charge on any atom is 0.336 e. The lowest BCUT2D eigenvalue weighted by Gasteiger charge is -2.30. The molecule has 9 nitrogen and oxygen atoms in total. The molecule has 2 heterocycles. The van der Waals surface area contributed by atoms with E-state index in [1.807, 2.05) is 13.8 Å². The second-order valence-corrected chi connectivity index (χ2v) is 7.16. The minimum Gasteiger partial charge on any atom is -0.466 e. The molecule has 1 aromatic heterocycles. The predicted molar refractivity (Wildman–Crippen MR) is 107 cm³/mol. The molecule has 0 bridgehead atoms. The zero-order chi connectivity index (χ0) is 21.8. The third-order valence-corrected chi connectivity index (χ3v) is 4.78. The second kappa shape index (κ2) is 9.08. The van der Waals surface area contributed by atoms with Crippen molar-refractivity contribution in [3.8, 4) is 0 Å². The highest BCUT2D eigenvalue weighted by Gasteiger charge is 2.39. The molecule has 0 amide bonds. The average molecular weight is 415 g/mol. The predicted octanol–water partition coefficient (Wildman–Crippen LogP) is 2.60. The molecule has 0 saturated heterocycles. The Bertz CT molecular complexity index is 1020. The van der Waals surface area contributed by atoms with Crippen molar-refractivity contribution in [1.29, 1.82) is 0 Å².